The molecule has 0 saturated carbocycles. The molecule has 1 aromatic heterocycles. The number of thiophene rings is 1. The molecule has 10 heavy (non-hydrogen) atoms. The predicted octanol–water partition coefficient (Wildman–Crippen LogP) is 0.773. The third kappa shape index (κ3) is 2.35. The average Bonchev–Trinajstić information content (AvgIpc) is 2.34. The monoisotopic (exact) mass is 154 g/mol. The van der Waals surface area contributed by atoms with Crippen molar-refractivity contribution in [2.75, 3.05) is 0 Å². The topological polar surface area (TPSA) is 40.5 Å². The molecule has 0 amide bonds. The first-order valence-electron chi connectivity index (χ1n) is 2.87. The zero-order chi connectivity index (χ0) is 7.40. The molecule has 0 bridgehead atoms. The fraction of sp³-hybridized carbons (Fsp3) is 0. The summed E-state index contributed by atoms with van der Waals surface area (Å²) >= 11 is 1.56. The van der Waals surface area contributed by atoms with E-state index in [4.69, 9.17) is 10.0 Å². The third-order valence-corrected chi connectivity index (χ3v) is 1.81. The van der Waals surface area contributed by atoms with Gasteiger partial charge in [0.2, 0.25) is 0 Å². The van der Waals surface area contributed by atoms with Gasteiger partial charge in [-0.25, -0.2) is 0 Å². The van der Waals surface area contributed by atoms with Gasteiger partial charge in [0.25, 0.3) is 0 Å². The lowest BCUT2D eigenvalue weighted by molar-refractivity contribution is 0.424. The van der Waals surface area contributed by atoms with Crippen molar-refractivity contribution in [3.63, 3.8) is 0 Å². The van der Waals surface area contributed by atoms with Crippen molar-refractivity contribution in [1.29, 1.82) is 0 Å². The normalized spacial score (nSPS) is 10.6. The Hall–Kier alpha value is -0.575. The van der Waals surface area contributed by atoms with Crippen molar-refractivity contribution >= 4 is 24.5 Å². The van der Waals surface area contributed by atoms with Gasteiger partial charge in [0.1, 0.15) is 0 Å². The Balaban J connectivity index is 2.55. The predicted molar refractivity (Wildman–Crippen MR) is 43.5 cm³/mol. The smallest absolute Gasteiger partial charge is 0.424 e. The first-order chi connectivity index (χ1) is 4.79. The quantitative estimate of drug-likeness (QED) is 0.617. The summed E-state index contributed by atoms with van der Waals surface area (Å²) in [6.45, 7) is 0. The summed E-state index contributed by atoms with van der Waals surface area (Å²) in [5, 5.41) is 18.8. The van der Waals surface area contributed by atoms with E-state index < -0.39 is 7.12 Å². The summed E-state index contributed by atoms with van der Waals surface area (Å²) < 4.78 is 0. The van der Waals surface area contributed by atoms with E-state index in [0.29, 0.717) is 0 Å². The molecule has 0 fully saturated rings. The van der Waals surface area contributed by atoms with Crippen LogP contribution in [-0.4, -0.2) is 17.2 Å². The summed E-state index contributed by atoms with van der Waals surface area (Å²) in [5.74, 6) is 1.33. The largest absolute Gasteiger partial charge is 0.480 e. The van der Waals surface area contributed by atoms with E-state index in [1.807, 2.05) is 17.5 Å². The Bertz CT molecular complexity index is 206. The maximum atomic E-state index is 8.42. The Morgan fingerprint density at radius 2 is 2.30 bits per heavy atom. The third-order valence-electron chi connectivity index (χ3n) is 0.976. The van der Waals surface area contributed by atoms with Gasteiger partial charge >= 0.3 is 7.12 Å². The first-order valence-corrected chi connectivity index (χ1v) is 3.75. The zero-order valence-corrected chi connectivity index (χ0v) is 6.08. The molecule has 1 heterocycles. The van der Waals surface area contributed by atoms with Gasteiger partial charge in [-0.1, -0.05) is 18.1 Å². The van der Waals surface area contributed by atoms with Gasteiger partial charge in [0, 0.05) is 4.88 Å². The van der Waals surface area contributed by atoms with Crippen LogP contribution in [0.3, 0.4) is 0 Å². The maximum Gasteiger partial charge on any atom is 0.480 e. The molecule has 0 aliphatic heterocycles. The highest BCUT2D eigenvalue weighted by Crippen LogP contribution is 2.09. The van der Waals surface area contributed by atoms with Gasteiger partial charge < -0.3 is 10.0 Å². The van der Waals surface area contributed by atoms with E-state index >= 15 is 0 Å². The van der Waals surface area contributed by atoms with Crippen molar-refractivity contribution < 1.29 is 10.0 Å². The number of hydrogen-bond donors (Lipinski definition) is 2. The molecule has 0 aliphatic rings. The van der Waals surface area contributed by atoms with E-state index in [-0.39, 0.29) is 0 Å². The number of rotatable bonds is 2. The molecule has 1 rings (SSSR count). The Labute approximate surface area is 63.6 Å². The molecule has 2 nitrogen and oxygen atoms in total. The van der Waals surface area contributed by atoms with Crippen molar-refractivity contribution in [1.82, 2.24) is 0 Å². The minimum Gasteiger partial charge on any atom is -0.424 e. The molecular weight excluding hydrogens is 147 g/mol. The van der Waals surface area contributed by atoms with Gasteiger partial charge in [-0.15, -0.1) is 11.3 Å². The molecule has 4 heteroatoms. The Morgan fingerprint density at radius 3 is 2.80 bits per heavy atom. The lowest BCUT2D eigenvalue weighted by Crippen LogP contribution is -2.04. The van der Waals surface area contributed by atoms with Crippen LogP contribution in [0.2, 0.25) is 0 Å². The Kier molecular flexibility index (Phi) is 2.68. The van der Waals surface area contributed by atoms with Crippen LogP contribution in [0.1, 0.15) is 4.88 Å². The minimum absolute atomic E-state index is 1.02. The summed E-state index contributed by atoms with van der Waals surface area (Å²) in [4.78, 5) is 1.02. The highest BCUT2D eigenvalue weighted by atomic mass is 32.1. The molecular formula is C6H7BO2S. The lowest BCUT2D eigenvalue weighted by Gasteiger charge is -1.83. The minimum atomic E-state index is -1.35. The summed E-state index contributed by atoms with van der Waals surface area (Å²) in [6.07, 6.45) is 1.68. The van der Waals surface area contributed by atoms with Crippen molar-refractivity contribution in [2.24, 2.45) is 0 Å². The number of hydrogen-bond acceptors (Lipinski definition) is 3. The van der Waals surface area contributed by atoms with E-state index in [1.165, 1.54) is 5.98 Å². The lowest BCUT2D eigenvalue weighted by atomic mass is 9.92. The van der Waals surface area contributed by atoms with Crippen LogP contribution < -0.4 is 0 Å². The van der Waals surface area contributed by atoms with Crippen LogP contribution in [0.5, 0.6) is 0 Å². The van der Waals surface area contributed by atoms with E-state index in [1.54, 1.807) is 17.4 Å². The molecule has 0 saturated heterocycles. The SMILES string of the molecule is OB(O)/C=C/c1cccs1. The van der Waals surface area contributed by atoms with Crippen LogP contribution in [0.25, 0.3) is 6.08 Å². The Morgan fingerprint density at radius 1 is 1.50 bits per heavy atom. The van der Waals surface area contributed by atoms with Crippen LogP contribution >= 0.6 is 11.3 Å². The van der Waals surface area contributed by atoms with Crippen LogP contribution in [-0.2, 0) is 0 Å². The maximum absolute atomic E-state index is 8.42. The van der Waals surface area contributed by atoms with E-state index in [9.17, 15) is 0 Å². The standard InChI is InChI=1S/C6H7BO2S/c8-7(9)4-3-6-2-1-5-10-6/h1-5,8-9H/b4-3+. The van der Waals surface area contributed by atoms with Gasteiger partial charge in [-0.3, -0.25) is 0 Å². The van der Waals surface area contributed by atoms with Crippen molar-refractivity contribution in [2.45, 2.75) is 0 Å². The van der Waals surface area contributed by atoms with Crippen LogP contribution in [0.4, 0.5) is 0 Å². The molecule has 0 atom stereocenters. The van der Waals surface area contributed by atoms with Gasteiger partial charge in [0.15, 0.2) is 0 Å². The average molecular weight is 154 g/mol. The molecule has 0 aromatic carbocycles. The highest BCUT2D eigenvalue weighted by Gasteiger charge is 1.97. The summed E-state index contributed by atoms with van der Waals surface area (Å²) in [7, 11) is -1.35. The molecule has 52 valence electrons. The van der Waals surface area contributed by atoms with Gasteiger partial charge in [0.05, 0.1) is 0 Å². The molecule has 0 aliphatic carbocycles. The fourth-order valence-electron chi connectivity index (χ4n) is 0.567. The molecule has 0 radical (unpaired) electrons. The second-order valence-electron chi connectivity index (χ2n) is 1.79. The first kappa shape index (κ1) is 7.53. The summed E-state index contributed by atoms with van der Waals surface area (Å²) in [5.41, 5.74) is 0. The molecule has 0 unspecified atom stereocenters. The van der Waals surface area contributed by atoms with E-state index in [0.717, 1.165) is 4.88 Å². The van der Waals surface area contributed by atoms with Gasteiger partial charge in [-0.05, 0) is 11.4 Å². The van der Waals surface area contributed by atoms with Gasteiger partial charge in [-0.2, -0.15) is 0 Å². The van der Waals surface area contributed by atoms with Crippen molar-refractivity contribution in [3.8, 4) is 0 Å². The second-order valence-corrected chi connectivity index (χ2v) is 2.77. The zero-order valence-electron chi connectivity index (χ0n) is 5.27. The second kappa shape index (κ2) is 3.56. The summed E-state index contributed by atoms with van der Waals surface area (Å²) in [6, 6.07) is 3.82. The highest BCUT2D eigenvalue weighted by molar-refractivity contribution is 7.10. The molecule has 2 N–H and O–H groups in total. The van der Waals surface area contributed by atoms with E-state index in [2.05, 4.69) is 0 Å². The van der Waals surface area contributed by atoms with Crippen LogP contribution in [0, 0.1) is 0 Å². The molecule has 0 spiro atoms. The molecule has 1 aromatic rings. The van der Waals surface area contributed by atoms with Crippen LogP contribution in [0.15, 0.2) is 23.5 Å². The van der Waals surface area contributed by atoms with Crippen molar-refractivity contribution in [3.05, 3.63) is 28.4 Å². The fourth-order valence-corrected chi connectivity index (χ4v) is 1.20.